The van der Waals surface area contributed by atoms with Gasteiger partial charge in [-0.25, -0.2) is 8.78 Å². The van der Waals surface area contributed by atoms with Gasteiger partial charge >= 0.3 is 0 Å². The Hall–Kier alpha value is -3.04. The molecule has 0 N–H and O–H groups in total. The third-order valence-corrected chi connectivity index (χ3v) is 7.24. The van der Waals surface area contributed by atoms with E-state index in [1.54, 1.807) is 19.3 Å². The van der Waals surface area contributed by atoms with E-state index in [-0.39, 0.29) is 22.9 Å². The molecule has 190 valence electrons. The van der Waals surface area contributed by atoms with Gasteiger partial charge in [0, 0.05) is 30.4 Å². The molecule has 1 saturated heterocycles. The number of aryl methyl sites for hydroxylation is 1. The van der Waals surface area contributed by atoms with E-state index in [1.165, 1.54) is 21.5 Å². The van der Waals surface area contributed by atoms with Gasteiger partial charge < -0.3 is 14.2 Å². The van der Waals surface area contributed by atoms with Gasteiger partial charge in [-0.2, -0.15) is 0 Å². The Bertz CT molecular complexity index is 1440. The van der Waals surface area contributed by atoms with Gasteiger partial charge in [0.15, 0.2) is 11.5 Å². The molecule has 5 rings (SSSR count). The summed E-state index contributed by atoms with van der Waals surface area (Å²) in [5.41, 5.74) is -0.0176. The van der Waals surface area contributed by atoms with Gasteiger partial charge in [0.2, 0.25) is 0 Å². The van der Waals surface area contributed by atoms with Crippen LogP contribution < -0.4 is 10.3 Å². The van der Waals surface area contributed by atoms with Crippen LogP contribution in [-0.4, -0.2) is 49.8 Å². The second-order valence-electron chi connectivity index (χ2n) is 9.37. The monoisotopic (exact) mass is 515 g/mol. The predicted octanol–water partition coefficient (Wildman–Crippen LogP) is 4.77. The summed E-state index contributed by atoms with van der Waals surface area (Å²) in [6.07, 6.45) is 8.95. The van der Waals surface area contributed by atoms with Crippen molar-refractivity contribution in [1.82, 2.24) is 24.1 Å². The molecule has 0 unspecified atom stereocenters. The number of aromatic nitrogens is 4. The van der Waals surface area contributed by atoms with Crippen LogP contribution in [0.3, 0.4) is 0 Å². The number of hydrogen-bond acceptors (Lipinski definition) is 5. The number of hydrogen-bond donors (Lipinski definition) is 0. The summed E-state index contributed by atoms with van der Waals surface area (Å²) in [5, 5.41) is 9.01. The molecule has 0 aliphatic carbocycles. The van der Waals surface area contributed by atoms with Gasteiger partial charge in [0.1, 0.15) is 17.9 Å². The molecule has 0 atom stereocenters. The molecule has 7 nitrogen and oxygen atoms in total. The first-order valence-corrected chi connectivity index (χ1v) is 12.6. The van der Waals surface area contributed by atoms with Crippen molar-refractivity contribution in [3.05, 3.63) is 69.5 Å². The lowest BCUT2D eigenvalue weighted by Gasteiger charge is -2.28. The van der Waals surface area contributed by atoms with Crippen LogP contribution in [0.2, 0.25) is 5.02 Å². The third kappa shape index (κ3) is 4.95. The van der Waals surface area contributed by atoms with Crippen LogP contribution in [0.5, 0.6) is 5.75 Å². The zero-order valence-electron chi connectivity index (χ0n) is 20.1. The maximum Gasteiger partial charge on any atom is 0.259 e. The fraction of sp³-hybridized carbons (Fsp3) is 0.423. The van der Waals surface area contributed by atoms with Crippen molar-refractivity contribution >= 4 is 28.0 Å². The van der Waals surface area contributed by atoms with Crippen LogP contribution in [0, 0.1) is 11.6 Å². The van der Waals surface area contributed by atoms with E-state index in [2.05, 4.69) is 15.1 Å². The highest BCUT2D eigenvalue weighted by Gasteiger charge is 2.20. The van der Waals surface area contributed by atoms with Crippen molar-refractivity contribution in [1.29, 1.82) is 0 Å². The maximum absolute atomic E-state index is 14.6. The Morgan fingerprint density at radius 1 is 1.17 bits per heavy atom. The molecular weight excluding hydrogens is 488 g/mol. The second-order valence-corrected chi connectivity index (χ2v) is 9.77. The predicted molar refractivity (Wildman–Crippen MR) is 135 cm³/mol. The van der Waals surface area contributed by atoms with Crippen molar-refractivity contribution in [2.45, 2.75) is 44.6 Å². The van der Waals surface area contributed by atoms with E-state index in [1.807, 2.05) is 12.1 Å². The van der Waals surface area contributed by atoms with Crippen LogP contribution in [-0.2, 0) is 13.5 Å². The SMILES string of the molecule is Cn1ccc2c(OC3CCCN(CCCc4c(F)cn5cnnc5c4F)CCC3)ccc(Cl)c2c1=O. The number of rotatable bonds is 6. The zero-order chi connectivity index (χ0) is 25.2. The second kappa shape index (κ2) is 10.5. The normalized spacial score (nSPS) is 15.9. The smallest absolute Gasteiger partial charge is 0.259 e. The van der Waals surface area contributed by atoms with Gasteiger partial charge in [-0.05, 0) is 76.4 Å². The van der Waals surface area contributed by atoms with Gasteiger partial charge in [-0.3, -0.25) is 9.20 Å². The fourth-order valence-electron chi connectivity index (χ4n) is 4.99. The van der Waals surface area contributed by atoms with Gasteiger partial charge in [0.25, 0.3) is 5.56 Å². The molecule has 3 aromatic heterocycles. The van der Waals surface area contributed by atoms with Crippen LogP contribution in [0.4, 0.5) is 8.78 Å². The standard InChI is InChI=1S/C26H28ClF2N5O2/c1-32-14-10-19-22(9-8-20(27)23(19)26(32)35)36-17-5-2-11-33(12-3-6-17)13-4-7-18-21(28)15-34-16-30-31-25(34)24(18)29/h8-10,14-17H,2-7,11-13H2,1H3. The van der Waals surface area contributed by atoms with E-state index in [0.29, 0.717) is 29.0 Å². The lowest BCUT2D eigenvalue weighted by Crippen LogP contribution is -2.32. The quantitative estimate of drug-likeness (QED) is 0.370. The first-order valence-electron chi connectivity index (χ1n) is 12.3. The minimum Gasteiger partial charge on any atom is -0.490 e. The minimum absolute atomic E-state index is 0.0533. The van der Waals surface area contributed by atoms with Crippen molar-refractivity contribution in [3.63, 3.8) is 0 Å². The highest BCUT2D eigenvalue weighted by atomic mass is 35.5. The largest absolute Gasteiger partial charge is 0.490 e. The minimum atomic E-state index is -0.632. The molecule has 4 heterocycles. The number of benzene rings is 1. The molecule has 36 heavy (non-hydrogen) atoms. The summed E-state index contributed by atoms with van der Waals surface area (Å²) in [7, 11) is 1.70. The van der Waals surface area contributed by atoms with E-state index in [0.717, 1.165) is 50.7 Å². The molecule has 10 heteroatoms. The average Bonchev–Trinajstić information content (AvgIpc) is 3.31. The molecule has 0 amide bonds. The number of nitrogens with zero attached hydrogens (tertiary/aromatic N) is 5. The molecule has 1 fully saturated rings. The first kappa shape index (κ1) is 24.6. The average molecular weight is 516 g/mol. The first-order chi connectivity index (χ1) is 17.4. The Labute approximate surface area is 212 Å². The Kier molecular flexibility index (Phi) is 7.20. The number of ether oxygens (including phenoxy) is 1. The lowest BCUT2D eigenvalue weighted by molar-refractivity contribution is 0.141. The number of pyridine rings is 2. The van der Waals surface area contributed by atoms with Gasteiger partial charge in [0.05, 0.1) is 16.5 Å². The Morgan fingerprint density at radius 2 is 1.94 bits per heavy atom. The van der Waals surface area contributed by atoms with E-state index < -0.39 is 11.6 Å². The van der Waals surface area contributed by atoms with Gasteiger partial charge in [-0.15, -0.1) is 10.2 Å². The maximum atomic E-state index is 14.6. The fourth-order valence-corrected chi connectivity index (χ4v) is 5.24. The summed E-state index contributed by atoms with van der Waals surface area (Å²) in [6, 6.07) is 5.43. The van der Waals surface area contributed by atoms with Crippen molar-refractivity contribution < 1.29 is 13.5 Å². The van der Waals surface area contributed by atoms with E-state index >= 15 is 0 Å². The molecule has 0 bridgehead atoms. The van der Waals surface area contributed by atoms with Crippen molar-refractivity contribution in [2.24, 2.45) is 7.05 Å². The Balaban J connectivity index is 1.16. The third-order valence-electron chi connectivity index (χ3n) is 6.92. The summed E-state index contributed by atoms with van der Waals surface area (Å²) >= 11 is 6.31. The van der Waals surface area contributed by atoms with Crippen molar-refractivity contribution in [3.8, 4) is 5.75 Å². The topological polar surface area (TPSA) is 64.7 Å². The molecule has 4 aromatic rings. The molecule has 1 aromatic carbocycles. The molecule has 1 aliphatic rings. The molecule has 0 radical (unpaired) electrons. The molecular formula is C26H28ClF2N5O2. The molecule has 0 spiro atoms. The summed E-state index contributed by atoms with van der Waals surface area (Å²) in [4.78, 5) is 14.9. The van der Waals surface area contributed by atoms with E-state index in [4.69, 9.17) is 16.3 Å². The number of halogens is 3. The highest BCUT2D eigenvalue weighted by Crippen LogP contribution is 2.31. The number of fused-ring (bicyclic) bond motifs is 2. The van der Waals surface area contributed by atoms with Crippen LogP contribution in [0.25, 0.3) is 16.4 Å². The highest BCUT2D eigenvalue weighted by molar-refractivity contribution is 6.35. The molecule has 1 aliphatic heterocycles. The van der Waals surface area contributed by atoms with Crippen LogP contribution >= 0.6 is 11.6 Å². The summed E-state index contributed by atoms with van der Waals surface area (Å²) < 4.78 is 38.1. The zero-order valence-corrected chi connectivity index (χ0v) is 20.8. The van der Waals surface area contributed by atoms with Crippen LogP contribution in [0.1, 0.15) is 37.7 Å². The number of likely N-dealkylation sites (tertiary alicyclic amines) is 1. The molecule has 0 saturated carbocycles. The van der Waals surface area contributed by atoms with Crippen molar-refractivity contribution in [2.75, 3.05) is 19.6 Å². The van der Waals surface area contributed by atoms with Gasteiger partial charge in [-0.1, -0.05) is 11.6 Å². The van der Waals surface area contributed by atoms with E-state index in [9.17, 15) is 13.6 Å². The Morgan fingerprint density at radius 3 is 2.72 bits per heavy atom. The summed E-state index contributed by atoms with van der Waals surface area (Å²) in [6.45, 7) is 2.57. The summed E-state index contributed by atoms with van der Waals surface area (Å²) in [5.74, 6) is -0.518. The lowest BCUT2D eigenvalue weighted by atomic mass is 10.0. The van der Waals surface area contributed by atoms with Crippen LogP contribution in [0.15, 0.2) is 41.7 Å².